The quantitative estimate of drug-likeness (QED) is 0.112. The first-order chi connectivity index (χ1) is 13.2. The molecule has 0 unspecified atom stereocenters. The molecule has 0 aromatic carbocycles. The van der Waals surface area contributed by atoms with Gasteiger partial charge in [-0.25, -0.2) is 0 Å². The second-order valence-corrected chi connectivity index (χ2v) is 8.10. The van der Waals surface area contributed by atoms with E-state index in [1.165, 1.54) is 70.6 Å². The molecule has 0 saturated heterocycles. The van der Waals surface area contributed by atoms with Crippen molar-refractivity contribution in [2.45, 2.75) is 110 Å². The Morgan fingerprint density at radius 1 is 0.793 bits per heavy atom. The number of amides is 1. The zero-order valence-corrected chi connectivity index (χ0v) is 22.2. The molecule has 0 aliphatic carbocycles. The molecule has 6 nitrogen and oxygen atoms in total. The minimum atomic E-state index is -4.61. The van der Waals surface area contributed by atoms with Crippen LogP contribution in [0, 0.1) is 6.92 Å². The fourth-order valence-corrected chi connectivity index (χ4v) is 2.37. The van der Waals surface area contributed by atoms with E-state index in [0.29, 0.717) is 6.42 Å². The minimum Gasteiger partial charge on any atom is -0.370 e. The van der Waals surface area contributed by atoms with Crippen LogP contribution in [0.3, 0.4) is 0 Å². The SMILES string of the molecule is CCCCCCCC/C=C\CCCCCCCC(N)=O.O[Si](O)(O)O.[CH2-]CC.[Na+]. The number of hydrogen-bond acceptors (Lipinski definition) is 5. The van der Waals surface area contributed by atoms with Gasteiger partial charge in [-0.2, -0.15) is 6.42 Å². The minimum absolute atomic E-state index is 0. The summed E-state index contributed by atoms with van der Waals surface area (Å²) in [7, 11) is -4.61. The molecule has 1 amide bonds. The van der Waals surface area contributed by atoms with E-state index in [4.69, 9.17) is 24.9 Å². The third-order valence-electron chi connectivity index (χ3n) is 3.68. The van der Waals surface area contributed by atoms with Gasteiger partial charge in [-0.1, -0.05) is 77.4 Å². The van der Waals surface area contributed by atoms with E-state index in [1.807, 2.05) is 6.92 Å². The summed E-state index contributed by atoms with van der Waals surface area (Å²) in [4.78, 5) is 39.9. The molecule has 170 valence electrons. The van der Waals surface area contributed by atoms with E-state index in [-0.39, 0.29) is 35.5 Å². The van der Waals surface area contributed by atoms with Gasteiger partial charge >= 0.3 is 38.6 Å². The average molecular weight is 444 g/mol. The van der Waals surface area contributed by atoms with Crippen LogP contribution in [0.25, 0.3) is 0 Å². The number of allylic oxidation sites excluding steroid dienone is 2. The Balaban J connectivity index is -0.000000294. The zero-order chi connectivity index (χ0) is 22.1. The summed E-state index contributed by atoms with van der Waals surface area (Å²) in [5.74, 6) is -0.164. The van der Waals surface area contributed by atoms with Crippen molar-refractivity contribution in [3.8, 4) is 0 Å². The Hall–Kier alpha value is 0.267. The van der Waals surface area contributed by atoms with E-state index in [2.05, 4.69) is 26.0 Å². The first kappa shape index (κ1) is 36.6. The molecule has 0 aliphatic rings. The molecule has 0 saturated carbocycles. The number of unbranched alkanes of at least 4 members (excludes halogenated alkanes) is 11. The van der Waals surface area contributed by atoms with Crippen LogP contribution < -0.4 is 35.3 Å². The molecular weight excluding hydrogens is 397 g/mol. The zero-order valence-electron chi connectivity index (χ0n) is 19.2. The molecule has 0 atom stereocenters. The van der Waals surface area contributed by atoms with Gasteiger partial charge in [0.15, 0.2) is 0 Å². The van der Waals surface area contributed by atoms with Gasteiger partial charge in [-0.05, 0) is 32.1 Å². The van der Waals surface area contributed by atoms with Crippen molar-refractivity contribution in [3.63, 3.8) is 0 Å². The first-order valence-electron chi connectivity index (χ1n) is 10.8. The fraction of sp³-hybridized carbons (Fsp3) is 0.810. The number of carbonyl (C=O) groups excluding carboxylic acids is 1. The van der Waals surface area contributed by atoms with Crippen LogP contribution in [-0.2, 0) is 4.79 Å². The molecule has 0 aromatic rings. The van der Waals surface area contributed by atoms with E-state index in [9.17, 15) is 4.79 Å². The third kappa shape index (κ3) is 65.4. The topological polar surface area (TPSA) is 124 Å². The molecule has 0 heterocycles. The monoisotopic (exact) mass is 443 g/mol. The summed E-state index contributed by atoms with van der Waals surface area (Å²) >= 11 is 0. The normalized spacial score (nSPS) is 10.4. The summed E-state index contributed by atoms with van der Waals surface area (Å²) in [6.45, 7) is 7.76. The predicted molar refractivity (Wildman–Crippen MR) is 119 cm³/mol. The number of carbonyl (C=O) groups is 1. The van der Waals surface area contributed by atoms with Gasteiger partial charge in [0, 0.05) is 6.42 Å². The maximum atomic E-state index is 10.5. The molecule has 0 aromatic heterocycles. The van der Waals surface area contributed by atoms with Gasteiger partial charge in [-0.15, -0.1) is 0 Å². The Bertz CT molecular complexity index is 334. The average Bonchev–Trinajstić information content (AvgIpc) is 2.57. The second kappa shape index (κ2) is 30.5. The third-order valence-corrected chi connectivity index (χ3v) is 3.68. The molecule has 0 aliphatic heterocycles. The van der Waals surface area contributed by atoms with E-state index in [1.54, 1.807) is 0 Å². The maximum absolute atomic E-state index is 10.5. The Morgan fingerprint density at radius 2 is 1.10 bits per heavy atom. The number of hydrogen-bond donors (Lipinski definition) is 5. The van der Waals surface area contributed by atoms with E-state index in [0.717, 1.165) is 19.3 Å². The summed E-state index contributed by atoms with van der Waals surface area (Å²) in [6, 6.07) is 0. The van der Waals surface area contributed by atoms with Crippen molar-refractivity contribution in [3.05, 3.63) is 19.1 Å². The molecule has 0 radical (unpaired) electrons. The van der Waals surface area contributed by atoms with Gasteiger partial charge in [0.25, 0.3) is 0 Å². The van der Waals surface area contributed by atoms with Crippen molar-refractivity contribution >= 4 is 15.0 Å². The van der Waals surface area contributed by atoms with Crippen LogP contribution in [0.1, 0.15) is 110 Å². The van der Waals surface area contributed by atoms with E-state index < -0.39 is 9.05 Å². The van der Waals surface area contributed by atoms with Gasteiger partial charge < -0.3 is 31.8 Å². The van der Waals surface area contributed by atoms with Gasteiger partial charge in [-0.3, -0.25) is 4.79 Å². The van der Waals surface area contributed by atoms with Crippen LogP contribution in [0.4, 0.5) is 0 Å². The number of primary amides is 1. The molecule has 29 heavy (non-hydrogen) atoms. The van der Waals surface area contributed by atoms with Crippen LogP contribution >= 0.6 is 0 Å². The van der Waals surface area contributed by atoms with Gasteiger partial charge in [0.1, 0.15) is 0 Å². The Kier molecular flexibility index (Phi) is 38.5. The van der Waals surface area contributed by atoms with E-state index >= 15 is 0 Å². The first-order valence-corrected chi connectivity index (χ1v) is 12.6. The Labute approximate surface area is 202 Å². The summed E-state index contributed by atoms with van der Waals surface area (Å²) in [5, 5.41) is 0. The van der Waals surface area contributed by atoms with Crippen molar-refractivity contribution in [1.82, 2.24) is 0 Å². The summed E-state index contributed by atoms with van der Waals surface area (Å²) in [6.07, 6.45) is 22.9. The second-order valence-electron chi connectivity index (χ2n) is 6.90. The number of rotatable bonds is 15. The summed E-state index contributed by atoms with van der Waals surface area (Å²) < 4.78 is 0. The van der Waals surface area contributed by atoms with Crippen LogP contribution in [0.2, 0.25) is 0 Å². The smallest absolute Gasteiger partial charge is 0.370 e. The van der Waals surface area contributed by atoms with Crippen molar-refractivity contribution in [2.24, 2.45) is 5.73 Å². The van der Waals surface area contributed by atoms with Gasteiger partial charge in [0.05, 0.1) is 0 Å². The molecule has 0 spiro atoms. The van der Waals surface area contributed by atoms with Gasteiger partial charge in [0.2, 0.25) is 5.91 Å². The molecule has 6 N–H and O–H groups in total. The maximum Gasteiger partial charge on any atom is 1.00 e. The molecule has 0 rings (SSSR count). The molecular formula is C21H46NNaO5Si. The largest absolute Gasteiger partial charge is 1.00 e. The van der Waals surface area contributed by atoms with Crippen molar-refractivity contribution in [1.29, 1.82) is 0 Å². The van der Waals surface area contributed by atoms with Crippen LogP contribution in [-0.4, -0.2) is 34.1 Å². The fourth-order valence-electron chi connectivity index (χ4n) is 2.37. The Morgan fingerprint density at radius 3 is 1.45 bits per heavy atom. The molecule has 0 bridgehead atoms. The van der Waals surface area contributed by atoms with Crippen LogP contribution in [0.5, 0.6) is 0 Å². The predicted octanol–water partition coefficient (Wildman–Crippen LogP) is 1.13. The number of nitrogens with two attached hydrogens (primary N) is 1. The van der Waals surface area contributed by atoms with Crippen molar-refractivity contribution in [2.75, 3.05) is 0 Å². The molecule has 0 fully saturated rings. The standard InChI is InChI=1S/C18H35NO.C3H7.Na.H4O4Si/c1-2-3-4-5-6-7-8-9-10-11-12-13-14-15-16-17-18(19)20;1-3-2;;1-5(2,3)4/h9-10H,2-8,11-17H2,1H3,(H2,19,20);1,3H2,2H3;;1-4H/q;-1;+1;/b10-9-;;;. The summed E-state index contributed by atoms with van der Waals surface area (Å²) in [5.41, 5.74) is 5.10. The van der Waals surface area contributed by atoms with Crippen LogP contribution in [0.15, 0.2) is 12.2 Å². The van der Waals surface area contributed by atoms with Crippen molar-refractivity contribution < 1.29 is 53.5 Å². The molecule has 8 heteroatoms.